The van der Waals surface area contributed by atoms with Gasteiger partial charge in [-0.25, -0.2) is 0 Å². The molecule has 1 amide bonds. The molecule has 0 radical (unpaired) electrons. The summed E-state index contributed by atoms with van der Waals surface area (Å²) in [5.74, 6) is 0.942. The van der Waals surface area contributed by atoms with Crippen LogP contribution in [0.15, 0.2) is 24.3 Å². The van der Waals surface area contributed by atoms with Gasteiger partial charge >= 0.3 is 5.97 Å². The van der Waals surface area contributed by atoms with Gasteiger partial charge in [0.2, 0.25) is 11.8 Å². The van der Waals surface area contributed by atoms with E-state index in [1.165, 1.54) is 5.56 Å². The molecule has 0 atom stereocenters. The summed E-state index contributed by atoms with van der Waals surface area (Å²) >= 11 is 0. The van der Waals surface area contributed by atoms with E-state index in [2.05, 4.69) is 41.3 Å². The van der Waals surface area contributed by atoms with E-state index in [1.807, 2.05) is 12.1 Å². The molecule has 2 aliphatic rings. The summed E-state index contributed by atoms with van der Waals surface area (Å²) in [6, 6.07) is 8.05. The third kappa shape index (κ3) is 6.01. The predicted octanol–water partition coefficient (Wildman–Crippen LogP) is 4.30. The van der Waals surface area contributed by atoms with Gasteiger partial charge in [0.15, 0.2) is 0 Å². The van der Waals surface area contributed by atoms with Crippen LogP contribution in [-0.2, 0) is 4.79 Å². The highest BCUT2D eigenvalue weighted by Crippen LogP contribution is 2.38. The Morgan fingerprint density at radius 1 is 1.20 bits per heavy atom. The molecule has 1 aliphatic carbocycles. The maximum absolute atomic E-state index is 13.4. The molecule has 35 heavy (non-hydrogen) atoms. The second kappa shape index (κ2) is 10.9. The zero-order chi connectivity index (χ0) is 24.9. The first-order chi connectivity index (χ1) is 16.8. The van der Waals surface area contributed by atoms with Crippen LogP contribution in [-0.4, -0.2) is 46.6 Å². The standard InChI is InChI=1S/C26H35N5O4/c1-16(2)11-12-28-26-29-23(27)22-24(30-26)35-14-13-31(25(22)34)20-9-7-19(8-10-20)18-5-3-17(4-6-18)15-21(32)33/h7-10,16-18H,3-6,11-15H2,1-2H3,(H,32,33)(H3,27,28,29,30)/t17-,18-. The second-order valence-corrected chi connectivity index (χ2v) is 9.93. The highest BCUT2D eigenvalue weighted by Gasteiger charge is 2.30. The van der Waals surface area contributed by atoms with E-state index in [9.17, 15) is 9.59 Å². The van der Waals surface area contributed by atoms with Crippen LogP contribution in [0.2, 0.25) is 0 Å². The fraction of sp³-hybridized carbons (Fsp3) is 0.538. The normalized spacial score (nSPS) is 20.2. The molecule has 4 rings (SSSR count). The first kappa shape index (κ1) is 24.8. The van der Waals surface area contributed by atoms with Crippen molar-refractivity contribution in [3.8, 4) is 5.88 Å². The first-order valence-electron chi connectivity index (χ1n) is 12.5. The molecule has 2 aromatic rings. The molecule has 4 N–H and O–H groups in total. The molecule has 1 aromatic heterocycles. The van der Waals surface area contributed by atoms with Crippen molar-refractivity contribution >= 4 is 29.3 Å². The number of rotatable bonds is 8. The van der Waals surface area contributed by atoms with Crippen molar-refractivity contribution < 1.29 is 19.4 Å². The largest absolute Gasteiger partial charge is 0.481 e. The summed E-state index contributed by atoms with van der Waals surface area (Å²) in [6.07, 6.45) is 5.07. The predicted molar refractivity (Wildman–Crippen MR) is 135 cm³/mol. The topological polar surface area (TPSA) is 131 Å². The van der Waals surface area contributed by atoms with Gasteiger partial charge in [-0.15, -0.1) is 0 Å². The number of carbonyl (C=O) groups excluding carboxylic acids is 1. The number of carboxylic acid groups (broad SMARTS) is 1. The van der Waals surface area contributed by atoms with Crippen LogP contribution in [0.1, 0.15) is 74.2 Å². The molecule has 0 saturated heterocycles. The highest BCUT2D eigenvalue weighted by molar-refractivity contribution is 6.10. The van der Waals surface area contributed by atoms with Crippen molar-refractivity contribution in [1.82, 2.24) is 9.97 Å². The Labute approximate surface area is 206 Å². The van der Waals surface area contributed by atoms with Gasteiger partial charge in [-0.2, -0.15) is 9.97 Å². The maximum atomic E-state index is 13.4. The summed E-state index contributed by atoms with van der Waals surface area (Å²) < 4.78 is 5.80. The van der Waals surface area contributed by atoms with Gasteiger partial charge in [0.05, 0.1) is 6.54 Å². The van der Waals surface area contributed by atoms with Crippen LogP contribution in [0.25, 0.3) is 0 Å². The molecule has 0 unspecified atom stereocenters. The number of fused-ring (bicyclic) bond motifs is 1. The minimum absolute atomic E-state index is 0.105. The van der Waals surface area contributed by atoms with E-state index in [0.717, 1.165) is 37.8 Å². The number of nitrogens with zero attached hydrogens (tertiary/aromatic N) is 3. The number of carbonyl (C=O) groups is 2. The average Bonchev–Trinajstić information content (AvgIpc) is 2.98. The monoisotopic (exact) mass is 481 g/mol. The highest BCUT2D eigenvalue weighted by atomic mass is 16.5. The van der Waals surface area contributed by atoms with E-state index in [0.29, 0.717) is 37.5 Å². The van der Waals surface area contributed by atoms with E-state index >= 15 is 0 Å². The van der Waals surface area contributed by atoms with Gasteiger partial charge < -0.3 is 25.8 Å². The number of amides is 1. The number of nitrogens with two attached hydrogens (primary N) is 1. The van der Waals surface area contributed by atoms with E-state index < -0.39 is 5.97 Å². The van der Waals surface area contributed by atoms with Crippen LogP contribution < -0.4 is 20.7 Å². The lowest BCUT2D eigenvalue weighted by atomic mass is 9.77. The van der Waals surface area contributed by atoms with E-state index in [-0.39, 0.29) is 35.5 Å². The van der Waals surface area contributed by atoms with Gasteiger partial charge in [-0.1, -0.05) is 26.0 Å². The molecule has 1 fully saturated rings. The van der Waals surface area contributed by atoms with Crippen molar-refractivity contribution in [3.63, 3.8) is 0 Å². The molecule has 0 bridgehead atoms. The first-order valence-corrected chi connectivity index (χ1v) is 12.5. The average molecular weight is 482 g/mol. The summed E-state index contributed by atoms with van der Waals surface area (Å²) in [5, 5.41) is 12.2. The van der Waals surface area contributed by atoms with Gasteiger partial charge in [0.25, 0.3) is 5.91 Å². The molecule has 1 aliphatic heterocycles. The summed E-state index contributed by atoms with van der Waals surface area (Å²) in [4.78, 5) is 34.7. The summed E-state index contributed by atoms with van der Waals surface area (Å²) in [6.45, 7) is 5.68. The van der Waals surface area contributed by atoms with Gasteiger partial charge in [0, 0.05) is 18.7 Å². The fourth-order valence-corrected chi connectivity index (χ4v) is 4.90. The lowest BCUT2D eigenvalue weighted by molar-refractivity contribution is -0.138. The summed E-state index contributed by atoms with van der Waals surface area (Å²) in [7, 11) is 0. The Balaban J connectivity index is 1.45. The van der Waals surface area contributed by atoms with E-state index in [1.54, 1.807) is 4.90 Å². The fourth-order valence-electron chi connectivity index (χ4n) is 4.90. The third-order valence-electron chi connectivity index (χ3n) is 6.91. The Morgan fingerprint density at radius 2 is 1.91 bits per heavy atom. The third-order valence-corrected chi connectivity index (χ3v) is 6.91. The minimum atomic E-state index is -0.713. The maximum Gasteiger partial charge on any atom is 0.303 e. The van der Waals surface area contributed by atoms with Gasteiger partial charge in [-0.05, 0) is 67.6 Å². The van der Waals surface area contributed by atoms with E-state index in [4.69, 9.17) is 15.6 Å². The zero-order valence-corrected chi connectivity index (χ0v) is 20.5. The molecule has 0 spiro atoms. The molecule has 2 heterocycles. The van der Waals surface area contributed by atoms with Crippen LogP contribution in [0.5, 0.6) is 5.88 Å². The number of nitrogen functional groups attached to an aromatic ring is 1. The number of ether oxygens (including phenoxy) is 1. The number of hydrogen-bond acceptors (Lipinski definition) is 7. The minimum Gasteiger partial charge on any atom is -0.481 e. The molecule has 9 nitrogen and oxygen atoms in total. The quantitative estimate of drug-likeness (QED) is 0.508. The molecular formula is C26H35N5O4. The lowest BCUT2D eigenvalue weighted by Crippen LogP contribution is -2.32. The Morgan fingerprint density at radius 3 is 2.57 bits per heavy atom. The van der Waals surface area contributed by atoms with Crippen molar-refractivity contribution in [3.05, 3.63) is 35.4 Å². The number of anilines is 3. The number of hydrogen-bond donors (Lipinski definition) is 3. The zero-order valence-electron chi connectivity index (χ0n) is 20.5. The smallest absolute Gasteiger partial charge is 0.303 e. The van der Waals surface area contributed by atoms with Crippen LogP contribution in [0, 0.1) is 11.8 Å². The van der Waals surface area contributed by atoms with Gasteiger partial charge in [0.1, 0.15) is 18.0 Å². The molecular weight excluding hydrogens is 446 g/mol. The Bertz CT molecular complexity index is 1050. The number of aliphatic carboxylic acids is 1. The molecule has 188 valence electrons. The molecule has 9 heteroatoms. The number of aromatic nitrogens is 2. The Hall–Kier alpha value is -3.36. The SMILES string of the molecule is CC(C)CCNc1nc(N)c2c(n1)OCCN(c1ccc([C@H]3CC[C@H](CC(=O)O)CC3)cc1)C2=O. The second-order valence-electron chi connectivity index (χ2n) is 9.93. The number of carboxylic acids is 1. The Kier molecular flexibility index (Phi) is 7.73. The number of nitrogens with one attached hydrogen (secondary N) is 1. The van der Waals surface area contributed by atoms with Crippen LogP contribution in [0.3, 0.4) is 0 Å². The molecule has 1 saturated carbocycles. The lowest BCUT2D eigenvalue weighted by Gasteiger charge is -2.28. The van der Waals surface area contributed by atoms with Crippen molar-refractivity contribution in [1.29, 1.82) is 0 Å². The molecule has 1 aromatic carbocycles. The number of benzene rings is 1. The van der Waals surface area contributed by atoms with Crippen LogP contribution in [0.4, 0.5) is 17.5 Å². The van der Waals surface area contributed by atoms with Crippen molar-refractivity contribution in [2.45, 2.75) is 58.3 Å². The van der Waals surface area contributed by atoms with Gasteiger partial charge in [-0.3, -0.25) is 9.59 Å². The van der Waals surface area contributed by atoms with Crippen molar-refractivity contribution in [2.24, 2.45) is 11.8 Å². The van der Waals surface area contributed by atoms with Crippen molar-refractivity contribution in [2.75, 3.05) is 35.6 Å². The van der Waals surface area contributed by atoms with Crippen LogP contribution >= 0.6 is 0 Å². The summed E-state index contributed by atoms with van der Waals surface area (Å²) in [5.41, 5.74) is 8.37.